The summed E-state index contributed by atoms with van der Waals surface area (Å²) in [7, 11) is 0. The quantitative estimate of drug-likeness (QED) is 0.743. The summed E-state index contributed by atoms with van der Waals surface area (Å²) >= 11 is 0. The molecule has 0 bridgehead atoms. The maximum absolute atomic E-state index is 10.8. The maximum atomic E-state index is 10.8. The van der Waals surface area contributed by atoms with E-state index in [-0.39, 0.29) is 5.56 Å². The molecule has 3 aromatic rings. The smallest absolute Gasteiger partial charge is 0.205 e. The Bertz CT molecular complexity index is 716. The Morgan fingerprint density at radius 2 is 2.00 bits per heavy atom. The minimum Gasteiger partial charge on any atom is -0.545 e. The van der Waals surface area contributed by atoms with Crippen molar-refractivity contribution in [1.82, 2.24) is 9.97 Å². The molecule has 1 heterocycles. The van der Waals surface area contributed by atoms with Gasteiger partial charge in [-0.05, 0) is 29.8 Å². The standard InChI is InChI=1S/C14H11N3O2/c18-13(19)9-4-3-5-10(8-9)15-14-16-11-6-1-2-7-12(11)17-14/h1-8H,(H,18,19)(H2,15,16,17)/p-1. The van der Waals surface area contributed by atoms with Gasteiger partial charge in [0.2, 0.25) is 5.95 Å². The summed E-state index contributed by atoms with van der Waals surface area (Å²) < 4.78 is 0. The number of hydrogen-bond acceptors (Lipinski definition) is 4. The molecule has 19 heavy (non-hydrogen) atoms. The van der Waals surface area contributed by atoms with Crippen molar-refractivity contribution in [1.29, 1.82) is 0 Å². The van der Waals surface area contributed by atoms with E-state index in [0.29, 0.717) is 11.6 Å². The highest BCUT2D eigenvalue weighted by molar-refractivity contribution is 5.87. The minimum absolute atomic E-state index is 0.126. The zero-order valence-corrected chi connectivity index (χ0v) is 9.88. The van der Waals surface area contributed by atoms with Gasteiger partial charge in [0.15, 0.2) is 0 Å². The molecule has 0 fully saturated rings. The number of fused-ring (bicyclic) bond motifs is 1. The van der Waals surface area contributed by atoms with E-state index in [4.69, 9.17) is 0 Å². The van der Waals surface area contributed by atoms with E-state index in [1.54, 1.807) is 12.1 Å². The number of anilines is 2. The lowest BCUT2D eigenvalue weighted by Gasteiger charge is -2.06. The number of carbonyl (C=O) groups excluding carboxylic acids is 1. The highest BCUT2D eigenvalue weighted by Crippen LogP contribution is 2.18. The summed E-state index contributed by atoms with van der Waals surface area (Å²) in [5.74, 6) is -0.634. The number of imidazole rings is 1. The third kappa shape index (κ3) is 2.26. The van der Waals surface area contributed by atoms with Crippen LogP contribution in [0.15, 0.2) is 48.5 Å². The average molecular weight is 252 g/mol. The van der Waals surface area contributed by atoms with Gasteiger partial charge < -0.3 is 20.2 Å². The second kappa shape index (κ2) is 4.45. The summed E-state index contributed by atoms with van der Waals surface area (Å²) in [4.78, 5) is 18.2. The Labute approximate surface area is 108 Å². The van der Waals surface area contributed by atoms with Crippen LogP contribution in [0.4, 0.5) is 11.6 Å². The number of aromatic amines is 1. The Balaban J connectivity index is 1.92. The lowest BCUT2D eigenvalue weighted by molar-refractivity contribution is -0.255. The molecule has 0 amide bonds. The molecule has 94 valence electrons. The molecule has 0 radical (unpaired) electrons. The second-order valence-corrected chi connectivity index (χ2v) is 4.10. The molecule has 0 atom stereocenters. The summed E-state index contributed by atoms with van der Waals surface area (Å²) in [5, 5.41) is 13.8. The molecule has 2 aromatic carbocycles. The number of rotatable bonds is 3. The summed E-state index contributed by atoms with van der Waals surface area (Å²) in [5.41, 5.74) is 2.53. The molecule has 1 aromatic heterocycles. The summed E-state index contributed by atoms with van der Waals surface area (Å²) in [6.07, 6.45) is 0. The van der Waals surface area contributed by atoms with Crippen LogP contribution in [0.1, 0.15) is 10.4 Å². The first-order valence-electron chi connectivity index (χ1n) is 5.75. The zero-order chi connectivity index (χ0) is 13.2. The SMILES string of the molecule is O=C([O-])c1cccc(Nc2nc3ccccc3[nH]2)c1. The van der Waals surface area contributed by atoms with Crippen LogP contribution >= 0.6 is 0 Å². The molecule has 0 unspecified atom stereocenters. The lowest BCUT2D eigenvalue weighted by atomic mass is 10.2. The number of carboxylic acid groups (broad SMARTS) is 1. The van der Waals surface area contributed by atoms with Crippen molar-refractivity contribution in [2.24, 2.45) is 0 Å². The first kappa shape index (κ1) is 11.3. The molecule has 0 aliphatic rings. The first-order valence-corrected chi connectivity index (χ1v) is 5.75. The van der Waals surface area contributed by atoms with E-state index in [1.165, 1.54) is 12.1 Å². The number of aromatic nitrogens is 2. The van der Waals surface area contributed by atoms with Gasteiger partial charge in [-0.15, -0.1) is 0 Å². The van der Waals surface area contributed by atoms with E-state index >= 15 is 0 Å². The monoisotopic (exact) mass is 252 g/mol. The number of hydrogen-bond donors (Lipinski definition) is 2. The lowest BCUT2D eigenvalue weighted by Crippen LogP contribution is -2.22. The summed E-state index contributed by atoms with van der Waals surface area (Å²) in [6, 6.07) is 14.0. The third-order valence-corrected chi connectivity index (χ3v) is 2.75. The number of H-pyrrole nitrogens is 1. The number of aromatic carboxylic acids is 1. The highest BCUT2D eigenvalue weighted by atomic mass is 16.4. The fourth-order valence-electron chi connectivity index (χ4n) is 1.87. The molecular formula is C14H10N3O2-. The van der Waals surface area contributed by atoms with Crippen molar-refractivity contribution in [3.63, 3.8) is 0 Å². The highest BCUT2D eigenvalue weighted by Gasteiger charge is 2.02. The molecule has 0 saturated heterocycles. The van der Waals surface area contributed by atoms with Crippen molar-refractivity contribution in [2.45, 2.75) is 0 Å². The van der Waals surface area contributed by atoms with E-state index in [1.807, 2.05) is 24.3 Å². The van der Waals surface area contributed by atoms with Crippen molar-refractivity contribution >= 4 is 28.6 Å². The van der Waals surface area contributed by atoms with Gasteiger partial charge in [-0.2, -0.15) is 0 Å². The zero-order valence-electron chi connectivity index (χ0n) is 9.88. The maximum Gasteiger partial charge on any atom is 0.205 e. The van der Waals surface area contributed by atoms with Gasteiger partial charge >= 0.3 is 0 Å². The Hall–Kier alpha value is -2.82. The van der Waals surface area contributed by atoms with Crippen LogP contribution in [0, 0.1) is 0 Å². The van der Waals surface area contributed by atoms with E-state index in [9.17, 15) is 9.90 Å². The van der Waals surface area contributed by atoms with Gasteiger partial charge in [-0.25, -0.2) is 4.98 Å². The second-order valence-electron chi connectivity index (χ2n) is 4.10. The average Bonchev–Trinajstić information content (AvgIpc) is 2.81. The predicted octanol–water partition coefficient (Wildman–Crippen LogP) is 1.67. The summed E-state index contributed by atoms with van der Waals surface area (Å²) in [6.45, 7) is 0. The molecule has 5 nitrogen and oxygen atoms in total. The molecular weight excluding hydrogens is 242 g/mol. The van der Waals surface area contributed by atoms with Crippen LogP contribution in [-0.2, 0) is 0 Å². The van der Waals surface area contributed by atoms with Gasteiger partial charge in [0.05, 0.1) is 17.0 Å². The van der Waals surface area contributed by atoms with Crippen LogP contribution < -0.4 is 10.4 Å². The van der Waals surface area contributed by atoms with Gasteiger partial charge in [0.25, 0.3) is 0 Å². The Morgan fingerprint density at radius 1 is 1.16 bits per heavy atom. The fraction of sp³-hybridized carbons (Fsp3) is 0. The van der Waals surface area contributed by atoms with Crippen molar-refractivity contribution in [2.75, 3.05) is 5.32 Å². The van der Waals surface area contributed by atoms with Crippen LogP contribution in [0.3, 0.4) is 0 Å². The van der Waals surface area contributed by atoms with E-state index in [2.05, 4.69) is 15.3 Å². The number of benzene rings is 2. The largest absolute Gasteiger partial charge is 0.545 e. The molecule has 0 saturated carbocycles. The van der Waals surface area contributed by atoms with Crippen LogP contribution in [-0.4, -0.2) is 15.9 Å². The van der Waals surface area contributed by atoms with Gasteiger partial charge in [0, 0.05) is 5.69 Å². The molecule has 5 heteroatoms. The molecule has 3 rings (SSSR count). The molecule has 0 aliphatic heterocycles. The molecule has 2 N–H and O–H groups in total. The number of nitrogens with one attached hydrogen (secondary N) is 2. The fourth-order valence-corrected chi connectivity index (χ4v) is 1.87. The van der Waals surface area contributed by atoms with E-state index < -0.39 is 5.97 Å². The number of carboxylic acids is 1. The Morgan fingerprint density at radius 3 is 2.79 bits per heavy atom. The predicted molar refractivity (Wildman–Crippen MR) is 70.1 cm³/mol. The number of nitrogens with zero attached hydrogens (tertiary/aromatic N) is 1. The molecule has 0 aliphatic carbocycles. The first-order chi connectivity index (χ1) is 9.22. The number of carbonyl (C=O) groups is 1. The van der Waals surface area contributed by atoms with Crippen molar-refractivity contribution in [3.05, 3.63) is 54.1 Å². The van der Waals surface area contributed by atoms with Gasteiger partial charge in [-0.1, -0.05) is 24.3 Å². The van der Waals surface area contributed by atoms with Gasteiger partial charge in [0.1, 0.15) is 0 Å². The van der Waals surface area contributed by atoms with Crippen molar-refractivity contribution < 1.29 is 9.90 Å². The van der Waals surface area contributed by atoms with Crippen LogP contribution in [0.2, 0.25) is 0 Å². The van der Waals surface area contributed by atoms with Crippen LogP contribution in [0.5, 0.6) is 0 Å². The molecule has 0 spiro atoms. The minimum atomic E-state index is -1.20. The third-order valence-electron chi connectivity index (χ3n) is 2.75. The topological polar surface area (TPSA) is 80.8 Å². The number of para-hydroxylation sites is 2. The van der Waals surface area contributed by atoms with Crippen molar-refractivity contribution in [3.8, 4) is 0 Å². The normalized spacial score (nSPS) is 10.5. The van der Waals surface area contributed by atoms with E-state index in [0.717, 1.165) is 11.0 Å². The Kier molecular flexibility index (Phi) is 2.64. The van der Waals surface area contributed by atoms with Crippen LogP contribution in [0.25, 0.3) is 11.0 Å². The van der Waals surface area contributed by atoms with Gasteiger partial charge in [-0.3, -0.25) is 0 Å².